The lowest BCUT2D eigenvalue weighted by Crippen LogP contribution is -2.69. The summed E-state index contributed by atoms with van der Waals surface area (Å²) in [4.78, 5) is 11.7. The van der Waals surface area contributed by atoms with Crippen LogP contribution in [0.5, 0.6) is 0 Å². The average molecular weight is 427 g/mol. The lowest BCUT2D eigenvalue weighted by Gasteiger charge is -2.53. The third-order valence-electron chi connectivity index (χ3n) is 5.67. The SMILES string of the molecule is C=NN(/C=C(\C)c1ncnc2[nH]ccc12)C1(CC#N)CN(S(=O)(=NCC)C2CC2)C1. The highest BCUT2D eigenvalue weighted by Crippen LogP contribution is 2.41. The van der Waals surface area contributed by atoms with E-state index in [1.165, 1.54) is 6.33 Å². The molecule has 0 spiro atoms. The first-order valence-electron chi connectivity index (χ1n) is 10.0. The summed E-state index contributed by atoms with van der Waals surface area (Å²) < 4.78 is 19.9. The largest absolute Gasteiger partial charge is 0.346 e. The van der Waals surface area contributed by atoms with Gasteiger partial charge in [0, 0.05) is 44.1 Å². The standard InChI is InChI=1S/C20H26N8OS/c1-4-26-30(29,16-5-6-16)27-12-20(13-27,8-9-21)28(22-3)11-15(2)18-17-7-10-23-19(17)25-14-24-18/h7,10-11,14,16H,3-6,8,12-13H2,1-2H3,(H,23,24,25)/b15-11+. The van der Waals surface area contributed by atoms with Crippen molar-refractivity contribution < 1.29 is 4.21 Å². The normalized spacial score (nSPS) is 20.8. The first-order chi connectivity index (χ1) is 14.5. The van der Waals surface area contributed by atoms with Crippen LogP contribution in [0.4, 0.5) is 0 Å². The molecule has 1 aliphatic carbocycles. The molecule has 3 heterocycles. The number of allylic oxidation sites excluding steroid dienone is 1. The molecule has 1 atom stereocenters. The van der Waals surface area contributed by atoms with E-state index >= 15 is 0 Å². The molecule has 2 fully saturated rings. The van der Waals surface area contributed by atoms with Gasteiger partial charge in [0.25, 0.3) is 0 Å². The second-order valence-electron chi connectivity index (χ2n) is 7.80. The lowest BCUT2D eigenvalue weighted by atomic mass is 9.88. The molecule has 2 aromatic heterocycles. The summed E-state index contributed by atoms with van der Waals surface area (Å²) in [6.45, 7) is 9.05. The van der Waals surface area contributed by atoms with Crippen LogP contribution in [0.25, 0.3) is 16.6 Å². The Morgan fingerprint density at radius 2 is 2.30 bits per heavy atom. The number of hydrazone groups is 1. The molecule has 158 valence electrons. The Labute approximate surface area is 176 Å². The molecule has 30 heavy (non-hydrogen) atoms. The molecule has 0 amide bonds. The molecule has 9 nitrogen and oxygen atoms in total. The van der Waals surface area contributed by atoms with Crippen molar-refractivity contribution >= 4 is 33.2 Å². The van der Waals surface area contributed by atoms with E-state index in [0.717, 1.165) is 35.1 Å². The average Bonchev–Trinajstić information content (AvgIpc) is 3.46. The molecule has 1 saturated heterocycles. The molecule has 10 heteroatoms. The first-order valence-corrected chi connectivity index (χ1v) is 11.6. The Balaban J connectivity index is 1.64. The Hall–Kier alpha value is -2.77. The van der Waals surface area contributed by atoms with E-state index in [2.05, 4.69) is 37.2 Å². The highest BCUT2D eigenvalue weighted by atomic mass is 32.2. The number of fused-ring (bicyclic) bond motifs is 1. The highest BCUT2D eigenvalue weighted by molar-refractivity contribution is 7.92. The van der Waals surface area contributed by atoms with Crippen LogP contribution in [0.15, 0.2) is 34.3 Å². The zero-order valence-corrected chi connectivity index (χ0v) is 18.1. The molecule has 1 saturated carbocycles. The van der Waals surface area contributed by atoms with Crippen LogP contribution in [-0.2, 0) is 9.92 Å². The molecule has 2 aromatic rings. The summed E-state index contributed by atoms with van der Waals surface area (Å²) >= 11 is 0. The fraction of sp³-hybridized carbons (Fsp3) is 0.500. The maximum atomic E-state index is 13.5. The van der Waals surface area contributed by atoms with Crippen molar-refractivity contribution in [1.29, 1.82) is 5.26 Å². The highest BCUT2D eigenvalue weighted by Gasteiger charge is 2.53. The van der Waals surface area contributed by atoms with Crippen molar-refractivity contribution in [2.75, 3.05) is 19.6 Å². The van der Waals surface area contributed by atoms with E-state index in [4.69, 9.17) is 0 Å². The van der Waals surface area contributed by atoms with Crippen LogP contribution >= 0.6 is 0 Å². The van der Waals surface area contributed by atoms with Crippen molar-refractivity contribution in [3.05, 3.63) is 30.5 Å². The Morgan fingerprint density at radius 1 is 1.53 bits per heavy atom. The lowest BCUT2D eigenvalue weighted by molar-refractivity contribution is 0.0278. The summed E-state index contributed by atoms with van der Waals surface area (Å²) in [6, 6.07) is 4.20. The minimum absolute atomic E-state index is 0.142. The van der Waals surface area contributed by atoms with Gasteiger partial charge in [-0.05, 0) is 38.3 Å². The minimum Gasteiger partial charge on any atom is -0.346 e. The number of nitriles is 1. The summed E-state index contributed by atoms with van der Waals surface area (Å²) in [7, 11) is -2.40. The van der Waals surface area contributed by atoms with Crippen molar-refractivity contribution in [3.63, 3.8) is 0 Å². The van der Waals surface area contributed by atoms with Crippen molar-refractivity contribution in [3.8, 4) is 6.07 Å². The second kappa shape index (κ2) is 7.81. The fourth-order valence-corrected chi connectivity index (χ4v) is 6.76. The number of rotatable bonds is 8. The second-order valence-corrected chi connectivity index (χ2v) is 10.3. The van der Waals surface area contributed by atoms with E-state index in [9.17, 15) is 9.47 Å². The molecule has 4 rings (SSSR count). The maximum absolute atomic E-state index is 13.5. The monoisotopic (exact) mass is 426 g/mol. The smallest absolute Gasteiger partial charge is 0.141 e. The molecule has 0 bridgehead atoms. The number of H-pyrrole nitrogens is 1. The molecule has 1 aliphatic heterocycles. The summed E-state index contributed by atoms with van der Waals surface area (Å²) in [5, 5.41) is 16.5. The van der Waals surface area contributed by atoms with E-state index in [1.54, 1.807) is 5.01 Å². The topological polar surface area (TPSA) is 114 Å². The number of aromatic amines is 1. The van der Waals surface area contributed by atoms with E-state index in [0.29, 0.717) is 19.6 Å². The summed E-state index contributed by atoms with van der Waals surface area (Å²) in [6.07, 6.45) is 7.37. The molecule has 0 radical (unpaired) electrons. The van der Waals surface area contributed by atoms with Crippen LogP contribution in [0.2, 0.25) is 0 Å². The molecule has 2 aliphatic rings. The van der Waals surface area contributed by atoms with Crippen LogP contribution < -0.4 is 0 Å². The number of aromatic nitrogens is 3. The van der Waals surface area contributed by atoms with Gasteiger partial charge in [0.2, 0.25) is 0 Å². The van der Waals surface area contributed by atoms with Crippen LogP contribution in [0.1, 0.15) is 38.8 Å². The van der Waals surface area contributed by atoms with Gasteiger partial charge in [-0.3, -0.25) is 5.01 Å². The number of hydrogen-bond acceptors (Lipinski definition) is 7. The van der Waals surface area contributed by atoms with Crippen LogP contribution in [0, 0.1) is 11.3 Å². The van der Waals surface area contributed by atoms with Crippen molar-refractivity contribution in [1.82, 2.24) is 24.3 Å². The molecule has 1 N–H and O–H groups in total. The van der Waals surface area contributed by atoms with E-state index in [1.807, 2.05) is 36.6 Å². The molecule has 0 aromatic carbocycles. The summed E-state index contributed by atoms with van der Waals surface area (Å²) in [5.41, 5.74) is 1.85. The fourth-order valence-electron chi connectivity index (χ4n) is 4.00. The number of nitrogens with one attached hydrogen (secondary N) is 1. The first kappa shape index (κ1) is 20.5. The quantitative estimate of drug-likeness (QED) is 0.515. The predicted octanol–water partition coefficient (Wildman–Crippen LogP) is 2.77. The van der Waals surface area contributed by atoms with Gasteiger partial charge < -0.3 is 4.98 Å². The molecular weight excluding hydrogens is 400 g/mol. The van der Waals surface area contributed by atoms with Crippen molar-refractivity contribution in [2.45, 2.75) is 43.9 Å². The van der Waals surface area contributed by atoms with Gasteiger partial charge in [-0.25, -0.2) is 22.8 Å². The van der Waals surface area contributed by atoms with Gasteiger partial charge >= 0.3 is 0 Å². The van der Waals surface area contributed by atoms with Gasteiger partial charge in [-0.1, -0.05) is 0 Å². The van der Waals surface area contributed by atoms with E-state index in [-0.39, 0.29) is 11.7 Å². The predicted molar refractivity (Wildman–Crippen MR) is 118 cm³/mol. The Bertz CT molecular complexity index is 1140. The van der Waals surface area contributed by atoms with E-state index < -0.39 is 15.5 Å². The molecular formula is C20H26N8OS. The zero-order chi connectivity index (χ0) is 21.4. The van der Waals surface area contributed by atoms with Crippen LogP contribution in [-0.4, -0.2) is 65.6 Å². The minimum atomic E-state index is -2.40. The van der Waals surface area contributed by atoms with Gasteiger partial charge in [-0.2, -0.15) is 10.4 Å². The number of hydrogen-bond donors (Lipinski definition) is 1. The third kappa shape index (κ3) is 3.38. The van der Waals surface area contributed by atoms with Gasteiger partial charge in [-0.15, -0.1) is 0 Å². The Kier molecular flexibility index (Phi) is 5.34. The summed E-state index contributed by atoms with van der Waals surface area (Å²) in [5.74, 6) is 0. The zero-order valence-electron chi connectivity index (χ0n) is 17.3. The van der Waals surface area contributed by atoms with Gasteiger partial charge in [0.05, 0.1) is 23.4 Å². The van der Waals surface area contributed by atoms with Gasteiger partial charge in [0.15, 0.2) is 0 Å². The van der Waals surface area contributed by atoms with Crippen LogP contribution in [0.3, 0.4) is 0 Å². The van der Waals surface area contributed by atoms with Gasteiger partial charge in [0.1, 0.15) is 27.4 Å². The Morgan fingerprint density at radius 3 is 2.93 bits per heavy atom. The number of nitrogens with zero attached hydrogens (tertiary/aromatic N) is 7. The maximum Gasteiger partial charge on any atom is 0.141 e. The third-order valence-corrected chi connectivity index (χ3v) is 8.64. The molecule has 1 unspecified atom stereocenters. The van der Waals surface area contributed by atoms with Crippen molar-refractivity contribution in [2.24, 2.45) is 9.46 Å².